The molecule has 1 radical (unpaired) electrons. The van der Waals surface area contributed by atoms with Crippen LogP contribution in [0.15, 0.2) is 0 Å². The highest BCUT2D eigenvalue weighted by molar-refractivity contribution is 4.76. The molecule has 0 aliphatic carbocycles. The van der Waals surface area contributed by atoms with Crippen molar-refractivity contribution in [3.63, 3.8) is 0 Å². The number of rotatable bonds is 3. The summed E-state index contributed by atoms with van der Waals surface area (Å²) in [6.45, 7) is 2.86. The SMILES string of the molecule is OCCNC1CC[N]C1. The van der Waals surface area contributed by atoms with Gasteiger partial charge in [-0.25, -0.2) is 5.32 Å². The standard InChI is InChI=1S/C6H13N2O/c9-4-3-8-6-1-2-7-5-6/h6,8-9H,1-5H2. The summed E-state index contributed by atoms with van der Waals surface area (Å²) >= 11 is 0. The maximum atomic E-state index is 8.43. The van der Waals surface area contributed by atoms with Crippen LogP contribution in [0.5, 0.6) is 0 Å². The Balaban J connectivity index is 1.98. The Morgan fingerprint density at radius 3 is 3.11 bits per heavy atom. The van der Waals surface area contributed by atoms with Crippen LogP contribution in [0.2, 0.25) is 0 Å². The Kier molecular flexibility index (Phi) is 2.97. The van der Waals surface area contributed by atoms with Gasteiger partial charge >= 0.3 is 0 Å². The van der Waals surface area contributed by atoms with Crippen LogP contribution in [-0.4, -0.2) is 37.4 Å². The van der Waals surface area contributed by atoms with Crippen molar-refractivity contribution < 1.29 is 5.11 Å². The van der Waals surface area contributed by atoms with Crippen LogP contribution in [-0.2, 0) is 0 Å². The maximum Gasteiger partial charge on any atom is 0.0556 e. The molecule has 1 unspecified atom stereocenters. The lowest BCUT2D eigenvalue weighted by Gasteiger charge is -2.07. The van der Waals surface area contributed by atoms with Crippen LogP contribution in [0.25, 0.3) is 0 Å². The third kappa shape index (κ3) is 2.30. The molecule has 0 saturated carbocycles. The quantitative estimate of drug-likeness (QED) is 0.510. The van der Waals surface area contributed by atoms with E-state index in [4.69, 9.17) is 5.11 Å². The van der Waals surface area contributed by atoms with Crippen LogP contribution >= 0.6 is 0 Å². The molecular formula is C6H13N2O. The minimum absolute atomic E-state index is 0.233. The first-order valence-electron chi connectivity index (χ1n) is 3.41. The van der Waals surface area contributed by atoms with Gasteiger partial charge in [0.25, 0.3) is 0 Å². The highest BCUT2D eigenvalue weighted by atomic mass is 16.3. The molecule has 1 atom stereocenters. The van der Waals surface area contributed by atoms with Gasteiger partial charge in [0.05, 0.1) is 6.61 Å². The summed E-state index contributed by atoms with van der Waals surface area (Å²) in [5, 5.41) is 15.8. The van der Waals surface area contributed by atoms with Gasteiger partial charge in [0.1, 0.15) is 0 Å². The van der Waals surface area contributed by atoms with E-state index >= 15 is 0 Å². The van der Waals surface area contributed by atoms with Gasteiger partial charge in [-0.3, -0.25) is 0 Å². The van der Waals surface area contributed by atoms with Crippen molar-refractivity contribution in [1.82, 2.24) is 10.6 Å². The van der Waals surface area contributed by atoms with Crippen molar-refractivity contribution in [3.05, 3.63) is 0 Å². The second-order valence-electron chi connectivity index (χ2n) is 2.29. The van der Waals surface area contributed by atoms with Gasteiger partial charge in [-0.2, -0.15) is 0 Å². The average Bonchev–Trinajstić information content (AvgIpc) is 2.34. The summed E-state index contributed by atoms with van der Waals surface area (Å²) in [6, 6.07) is 0.539. The first kappa shape index (κ1) is 6.99. The molecule has 0 spiro atoms. The maximum absolute atomic E-state index is 8.43. The van der Waals surface area contributed by atoms with Gasteiger partial charge in [0.2, 0.25) is 0 Å². The van der Waals surface area contributed by atoms with Crippen molar-refractivity contribution in [2.24, 2.45) is 0 Å². The zero-order valence-electron chi connectivity index (χ0n) is 5.51. The summed E-state index contributed by atoms with van der Waals surface area (Å²) in [5.74, 6) is 0. The number of aliphatic hydroxyl groups excluding tert-OH is 1. The normalized spacial score (nSPS) is 27.0. The third-order valence-electron chi connectivity index (χ3n) is 1.53. The number of aliphatic hydroxyl groups is 1. The van der Waals surface area contributed by atoms with E-state index < -0.39 is 0 Å². The van der Waals surface area contributed by atoms with Crippen molar-refractivity contribution in [2.45, 2.75) is 12.5 Å². The summed E-state index contributed by atoms with van der Waals surface area (Å²) in [6.07, 6.45) is 1.14. The molecule has 1 heterocycles. The molecule has 1 aliphatic heterocycles. The van der Waals surface area contributed by atoms with Gasteiger partial charge in [-0.15, -0.1) is 0 Å². The predicted molar refractivity (Wildman–Crippen MR) is 35.4 cm³/mol. The van der Waals surface area contributed by atoms with Crippen LogP contribution < -0.4 is 10.6 Å². The summed E-state index contributed by atoms with van der Waals surface area (Å²) in [4.78, 5) is 0. The van der Waals surface area contributed by atoms with Crippen LogP contribution in [0.1, 0.15) is 6.42 Å². The molecule has 0 bridgehead atoms. The van der Waals surface area contributed by atoms with Gasteiger partial charge in [0.15, 0.2) is 0 Å². The average molecular weight is 129 g/mol. The number of hydrogen-bond acceptors (Lipinski definition) is 2. The lowest BCUT2D eigenvalue weighted by atomic mass is 10.3. The molecule has 1 rings (SSSR count). The van der Waals surface area contributed by atoms with E-state index in [1.165, 1.54) is 0 Å². The molecule has 0 aromatic carbocycles. The van der Waals surface area contributed by atoms with E-state index in [9.17, 15) is 0 Å². The molecule has 1 fully saturated rings. The first-order valence-corrected chi connectivity index (χ1v) is 3.41. The molecule has 1 aliphatic rings. The molecule has 0 amide bonds. The van der Waals surface area contributed by atoms with Gasteiger partial charge in [-0.1, -0.05) is 0 Å². The van der Waals surface area contributed by atoms with Crippen LogP contribution in [0.3, 0.4) is 0 Å². The summed E-state index contributed by atoms with van der Waals surface area (Å²) < 4.78 is 0. The Bertz CT molecular complexity index is 71.5. The van der Waals surface area contributed by atoms with E-state index in [1.807, 2.05) is 0 Å². The monoisotopic (exact) mass is 129 g/mol. The topological polar surface area (TPSA) is 46.4 Å². The molecule has 53 valence electrons. The van der Waals surface area contributed by atoms with Gasteiger partial charge in [0, 0.05) is 25.7 Å². The van der Waals surface area contributed by atoms with E-state index in [1.54, 1.807) is 0 Å². The zero-order chi connectivity index (χ0) is 6.53. The molecule has 9 heavy (non-hydrogen) atoms. The van der Waals surface area contributed by atoms with Crippen molar-refractivity contribution in [2.75, 3.05) is 26.2 Å². The van der Waals surface area contributed by atoms with Gasteiger partial charge < -0.3 is 10.4 Å². The van der Waals surface area contributed by atoms with E-state index in [0.717, 1.165) is 19.5 Å². The van der Waals surface area contributed by atoms with Gasteiger partial charge in [-0.05, 0) is 6.42 Å². The molecule has 0 aromatic rings. The molecule has 1 saturated heterocycles. The van der Waals surface area contributed by atoms with E-state index in [-0.39, 0.29) is 6.61 Å². The minimum atomic E-state index is 0.233. The van der Waals surface area contributed by atoms with Crippen molar-refractivity contribution in [1.29, 1.82) is 0 Å². The molecular weight excluding hydrogens is 116 g/mol. The zero-order valence-corrected chi connectivity index (χ0v) is 5.51. The molecule has 2 N–H and O–H groups in total. The second kappa shape index (κ2) is 3.82. The fraction of sp³-hybridized carbons (Fsp3) is 1.00. The first-order chi connectivity index (χ1) is 4.43. The fourth-order valence-corrected chi connectivity index (χ4v) is 1.02. The highest BCUT2D eigenvalue weighted by Gasteiger charge is 2.13. The Labute approximate surface area is 55.5 Å². The van der Waals surface area contributed by atoms with Crippen LogP contribution in [0, 0.1) is 0 Å². The Morgan fingerprint density at radius 2 is 2.56 bits per heavy atom. The van der Waals surface area contributed by atoms with Crippen molar-refractivity contribution >= 4 is 0 Å². The van der Waals surface area contributed by atoms with Crippen LogP contribution in [0.4, 0.5) is 0 Å². The van der Waals surface area contributed by atoms with E-state index in [2.05, 4.69) is 10.6 Å². The third-order valence-corrected chi connectivity index (χ3v) is 1.53. The number of nitrogens with zero attached hydrogens (tertiary/aromatic N) is 1. The molecule has 0 aromatic heterocycles. The fourth-order valence-electron chi connectivity index (χ4n) is 1.02. The Morgan fingerprint density at radius 1 is 1.67 bits per heavy atom. The summed E-state index contributed by atoms with van der Waals surface area (Å²) in [7, 11) is 0. The van der Waals surface area contributed by atoms with E-state index in [0.29, 0.717) is 12.6 Å². The number of nitrogens with one attached hydrogen (secondary N) is 1. The smallest absolute Gasteiger partial charge is 0.0556 e. The highest BCUT2D eigenvalue weighted by Crippen LogP contribution is 1.96. The Hall–Kier alpha value is -0.120. The van der Waals surface area contributed by atoms with Crippen molar-refractivity contribution in [3.8, 4) is 0 Å². The lowest BCUT2D eigenvalue weighted by molar-refractivity contribution is 0.285. The number of hydrogen-bond donors (Lipinski definition) is 2. The lowest BCUT2D eigenvalue weighted by Crippen LogP contribution is -2.32. The largest absolute Gasteiger partial charge is 0.395 e. The predicted octanol–water partition coefficient (Wildman–Crippen LogP) is -1.05. The molecule has 3 nitrogen and oxygen atoms in total. The minimum Gasteiger partial charge on any atom is -0.395 e. The summed E-state index contributed by atoms with van der Waals surface area (Å²) in [5.41, 5.74) is 0. The molecule has 3 heteroatoms. The second-order valence-corrected chi connectivity index (χ2v) is 2.29.